The van der Waals surface area contributed by atoms with Crippen LogP contribution >= 0.6 is 0 Å². The van der Waals surface area contributed by atoms with Crippen LogP contribution in [0.4, 0.5) is 0 Å². The average Bonchev–Trinajstić information content (AvgIpc) is 2.94. The van der Waals surface area contributed by atoms with Gasteiger partial charge in [-0.25, -0.2) is 8.42 Å². The molecule has 0 amide bonds. The number of aryl methyl sites for hydroxylation is 2. The maximum absolute atomic E-state index is 13.4. The zero-order valence-corrected chi connectivity index (χ0v) is 15.2. The molecule has 124 valence electrons. The molecule has 2 heterocycles. The van der Waals surface area contributed by atoms with Crippen LogP contribution in [0.15, 0.2) is 29.3 Å². The molecule has 23 heavy (non-hydrogen) atoms. The van der Waals surface area contributed by atoms with Gasteiger partial charge in [-0.15, -0.1) is 0 Å². The lowest BCUT2D eigenvalue weighted by Gasteiger charge is -2.35. The number of nitrogens with zero attached hydrogens (tertiary/aromatic N) is 2. The first-order valence-corrected chi connectivity index (χ1v) is 9.43. The lowest BCUT2D eigenvalue weighted by molar-refractivity contribution is 0.282. The largest absolute Gasteiger partial charge is 0.349 e. The lowest BCUT2D eigenvalue weighted by atomic mass is 10.0. The molecule has 0 fully saturated rings. The molecule has 1 aliphatic heterocycles. The summed E-state index contributed by atoms with van der Waals surface area (Å²) in [5, 5.41) is 0. The van der Waals surface area contributed by atoms with Gasteiger partial charge in [-0.1, -0.05) is 6.07 Å². The second kappa shape index (κ2) is 5.49. The van der Waals surface area contributed by atoms with E-state index in [0.717, 1.165) is 27.9 Å². The van der Waals surface area contributed by atoms with Crippen LogP contribution in [0.3, 0.4) is 0 Å². The number of fused-ring (bicyclic) bond motifs is 1. The Morgan fingerprint density at radius 2 is 1.65 bits per heavy atom. The van der Waals surface area contributed by atoms with Crippen molar-refractivity contribution in [2.75, 3.05) is 6.54 Å². The molecule has 3 rings (SSSR count). The Bertz CT molecular complexity index is 839. The third-order valence-corrected chi connectivity index (χ3v) is 7.39. The normalized spacial score (nSPS) is 18.9. The average molecular weight is 332 g/mol. The molecule has 5 heteroatoms. The predicted octanol–water partition coefficient (Wildman–Crippen LogP) is 3.49. The first-order chi connectivity index (χ1) is 10.7. The van der Waals surface area contributed by atoms with Gasteiger partial charge < -0.3 is 4.57 Å². The minimum absolute atomic E-state index is 0.150. The highest BCUT2D eigenvalue weighted by Gasteiger charge is 2.36. The van der Waals surface area contributed by atoms with E-state index in [1.807, 2.05) is 52.9 Å². The van der Waals surface area contributed by atoms with E-state index in [9.17, 15) is 8.42 Å². The fourth-order valence-electron chi connectivity index (χ4n) is 3.57. The van der Waals surface area contributed by atoms with Crippen LogP contribution in [-0.2, 0) is 16.6 Å². The van der Waals surface area contributed by atoms with Crippen molar-refractivity contribution in [2.45, 2.75) is 52.1 Å². The quantitative estimate of drug-likeness (QED) is 0.845. The van der Waals surface area contributed by atoms with Crippen molar-refractivity contribution in [2.24, 2.45) is 0 Å². The molecule has 4 nitrogen and oxygen atoms in total. The Morgan fingerprint density at radius 3 is 2.26 bits per heavy atom. The van der Waals surface area contributed by atoms with E-state index in [1.54, 1.807) is 4.31 Å². The van der Waals surface area contributed by atoms with Crippen molar-refractivity contribution in [3.63, 3.8) is 0 Å². The van der Waals surface area contributed by atoms with E-state index < -0.39 is 10.0 Å². The van der Waals surface area contributed by atoms with Gasteiger partial charge in [0.15, 0.2) is 0 Å². The third-order valence-electron chi connectivity index (χ3n) is 5.15. The van der Waals surface area contributed by atoms with Gasteiger partial charge in [0.2, 0.25) is 10.0 Å². The van der Waals surface area contributed by atoms with Gasteiger partial charge >= 0.3 is 0 Å². The van der Waals surface area contributed by atoms with Gasteiger partial charge in [0, 0.05) is 25.0 Å². The van der Waals surface area contributed by atoms with Crippen LogP contribution < -0.4 is 0 Å². The molecule has 0 saturated heterocycles. The SMILES string of the molecule is Cc1cc(C)c(C)c(S(=O)(=O)N2CCn3cccc3C2C)c1C. The second-order valence-electron chi connectivity index (χ2n) is 6.51. The molecule has 0 N–H and O–H groups in total. The van der Waals surface area contributed by atoms with Crippen molar-refractivity contribution >= 4 is 10.0 Å². The highest BCUT2D eigenvalue weighted by atomic mass is 32.2. The van der Waals surface area contributed by atoms with E-state index in [-0.39, 0.29) is 6.04 Å². The molecule has 2 aromatic rings. The van der Waals surface area contributed by atoms with Gasteiger partial charge in [0.05, 0.1) is 10.9 Å². The monoisotopic (exact) mass is 332 g/mol. The molecule has 0 spiro atoms. The number of aromatic nitrogens is 1. The number of sulfonamides is 1. The first kappa shape index (κ1) is 16.3. The Labute approximate surface area is 138 Å². The zero-order valence-electron chi connectivity index (χ0n) is 14.4. The van der Waals surface area contributed by atoms with Crippen LogP contribution in [-0.4, -0.2) is 23.8 Å². The van der Waals surface area contributed by atoms with Crippen LogP contribution in [0.1, 0.15) is 40.9 Å². The summed E-state index contributed by atoms with van der Waals surface area (Å²) in [6, 6.07) is 5.90. The van der Waals surface area contributed by atoms with Crippen molar-refractivity contribution in [1.29, 1.82) is 0 Å². The summed E-state index contributed by atoms with van der Waals surface area (Å²) < 4.78 is 30.6. The van der Waals surface area contributed by atoms with Crippen molar-refractivity contribution in [3.05, 3.63) is 52.3 Å². The summed E-state index contributed by atoms with van der Waals surface area (Å²) in [6.07, 6.45) is 2.02. The van der Waals surface area contributed by atoms with Crippen molar-refractivity contribution in [1.82, 2.24) is 8.87 Å². The minimum Gasteiger partial charge on any atom is -0.349 e. The molecule has 1 unspecified atom stereocenters. The maximum Gasteiger partial charge on any atom is 0.244 e. The Balaban J connectivity index is 2.14. The van der Waals surface area contributed by atoms with Gasteiger partial charge in [0.25, 0.3) is 0 Å². The summed E-state index contributed by atoms with van der Waals surface area (Å²) in [4.78, 5) is 0.488. The molecule has 1 aromatic heterocycles. The number of rotatable bonds is 2. The fraction of sp³-hybridized carbons (Fsp3) is 0.444. The van der Waals surface area contributed by atoms with Gasteiger partial charge in [-0.2, -0.15) is 4.31 Å². The molecule has 0 aliphatic carbocycles. The van der Waals surface area contributed by atoms with Crippen LogP contribution in [0, 0.1) is 27.7 Å². The highest BCUT2D eigenvalue weighted by molar-refractivity contribution is 7.89. The molecular weight excluding hydrogens is 308 g/mol. The van der Waals surface area contributed by atoms with Gasteiger partial charge in [0.1, 0.15) is 0 Å². The number of hydrogen-bond acceptors (Lipinski definition) is 2. The van der Waals surface area contributed by atoms with E-state index in [0.29, 0.717) is 18.0 Å². The van der Waals surface area contributed by atoms with E-state index >= 15 is 0 Å². The topological polar surface area (TPSA) is 42.3 Å². The first-order valence-electron chi connectivity index (χ1n) is 7.99. The Kier molecular flexibility index (Phi) is 3.89. The molecule has 1 aromatic carbocycles. The summed E-state index contributed by atoms with van der Waals surface area (Å²) in [5.74, 6) is 0. The van der Waals surface area contributed by atoms with Crippen molar-refractivity contribution < 1.29 is 8.42 Å². The Hall–Kier alpha value is -1.59. The number of benzene rings is 1. The standard InChI is InChI=1S/C18H24N2O2S/c1-12-11-13(2)15(4)18(14(12)3)23(21,22)20-10-9-19-8-6-7-17(19)16(20)5/h6-8,11,16H,9-10H2,1-5H3. The summed E-state index contributed by atoms with van der Waals surface area (Å²) in [6.45, 7) is 11.0. The fourth-order valence-corrected chi connectivity index (χ4v) is 5.75. The summed E-state index contributed by atoms with van der Waals surface area (Å²) in [5.41, 5.74) is 4.83. The third kappa shape index (κ3) is 2.42. The van der Waals surface area contributed by atoms with Crippen molar-refractivity contribution in [3.8, 4) is 0 Å². The minimum atomic E-state index is -3.52. The van der Waals surface area contributed by atoms with Gasteiger partial charge in [-0.05, 0) is 69.0 Å². The summed E-state index contributed by atoms with van der Waals surface area (Å²) in [7, 11) is -3.52. The van der Waals surface area contributed by atoms with Crippen LogP contribution in [0.2, 0.25) is 0 Å². The highest BCUT2D eigenvalue weighted by Crippen LogP contribution is 2.35. The molecular formula is C18H24N2O2S. The Morgan fingerprint density at radius 1 is 1.04 bits per heavy atom. The van der Waals surface area contributed by atoms with Crippen LogP contribution in [0.5, 0.6) is 0 Å². The van der Waals surface area contributed by atoms with E-state index in [4.69, 9.17) is 0 Å². The van der Waals surface area contributed by atoms with Gasteiger partial charge in [-0.3, -0.25) is 0 Å². The summed E-state index contributed by atoms with van der Waals surface area (Å²) >= 11 is 0. The molecule has 0 saturated carbocycles. The molecule has 0 bridgehead atoms. The maximum atomic E-state index is 13.4. The van der Waals surface area contributed by atoms with E-state index in [1.165, 1.54) is 0 Å². The predicted molar refractivity (Wildman–Crippen MR) is 92.1 cm³/mol. The lowest BCUT2D eigenvalue weighted by Crippen LogP contribution is -2.41. The smallest absolute Gasteiger partial charge is 0.244 e. The van der Waals surface area contributed by atoms with E-state index in [2.05, 4.69) is 10.6 Å². The molecule has 1 atom stereocenters. The second-order valence-corrected chi connectivity index (χ2v) is 8.34. The zero-order chi connectivity index (χ0) is 16.9. The number of hydrogen-bond donors (Lipinski definition) is 0. The molecule has 1 aliphatic rings. The van der Waals surface area contributed by atoms with Crippen LogP contribution in [0.25, 0.3) is 0 Å². The molecule has 0 radical (unpaired) electrons.